The summed E-state index contributed by atoms with van der Waals surface area (Å²) in [5.41, 5.74) is 6.15. The number of rotatable bonds is 7. The Morgan fingerprint density at radius 3 is 2.79 bits per heavy atom. The largest absolute Gasteiger partial charge is 0.492 e. The zero-order valence-corrected chi connectivity index (χ0v) is 20.8. The molecule has 0 radical (unpaired) electrons. The SMILES string of the molecule is CC1(CC2CCN(C(=O)c3cccc(OCCN)c3)CC2)SC(NC2CC3CCC2C3)=NC1=O. The minimum atomic E-state index is -0.495. The quantitative estimate of drug-likeness (QED) is 0.615. The summed E-state index contributed by atoms with van der Waals surface area (Å²) in [5, 5.41) is 4.44. The molecule has 184 valence electrons. The fraction of sp³-hybridized carbons (Fsp3) is 0.654. The summed E-state index contributed by atoms with van der Waals surface area (Å²) < 4.78 is 5.07. The van der Waals surface area contributed by atoms with E-state index >= 15 is 0 Å². The van der Waals surface area contributed by atoms with Gasteiger partial charge in [0.1, 0.15) is 17.1 Å². The maximum atomic E-state index is 13.0. The van der Waals surface area contributed by atoms with Crippen LogP contribution in [0.5, 0.6) is 5.75 Å². The molecule has 3 fully saturated rings. The van der Waals surface area contributed by atoms with Gasteiger partial charge in [0.2, 0.25) is 0 Å². The highest BCUT2D eigenvalue weighted by Crippen LogP contribution is 2.46. The molecule has 0 aromatic heterocycles. The highest BCUT2D eigenvalue weighted by Gasteiger charge is 2.46. The predicted octanol–water partition coefficient (Wildman–Crippen LogP) is 3.43. The summed E-state index contributed by atoms with van der Waals surface area (Å²) in [6.07, 6.45) is 7.88. The first-order chi connectivity index (χ1) is 16.4. The fourth-order valence-electron chi connectivity index (χ4n) is 6.23. The molecule has 2 amide bonds. The Labute approximate surface area is 206 Å². The van der Waals surface area contributed by atoms with E-state index in [1.165, 1.54) is 25.7 Å². The average molecular weight is 485 g/mol. The number of thioether (sulfide) groups is 1. The zero-order chi connectivity index (χ0) is 23.7. The van der Waals surface area contributed by atoms with E-state index in [1.807, 2.05) is 30.0 Å². The molecule has 4 unspecified atom stereocenters. The summed E-state index contributed by atoms with van der Waals surface area (Å²) in [7, 11) is 0. The van der Waals surface area contributed by atoms with E-state index in [0.717, 1.165) is 36.3 Å². The minimum Gasteiger partial charge on any atom is -0.492 e. The second-order valence-corrected chi connectivity index (χ2v) is 12.1. The number of amides is 2. The number of ether oxygens (including phenoxy) is 1. The van der Waals surface area contributed by atoms with Gasteiger partial charge in [-0.15, -0.1) is 0 Å². The molecule has 3 N–H and O–H groups in total. The van der Waals surface area contributed by atoms with E-state index in [9.17, 15) is 9.59 Å². The zero-order valence-electron chi connectivity index (χ0n) is 20.0. The van der Waals surface area contributed by atoms with Gasteiger partial charge in [-0.25, -0.2) is 0 Å². The molecule has 7 nitrogen and oxygen atoms in total. The van der Waals surface area contributed by atoms with Crippen molar-refractivity contribution in [3.8, 4) is 5.75 Å². The minimum absolute atomic E-state index is 0.00374. The van der Waals surface area contributed by atoms with Crippen molar-refractivity contribution in [2.24, 2.45) is 28.5 Å². The van der Waals surface area contributed by atoms with Gasteiger partial charge >= 0.3 is 0 Å². The van der Waals surface area contributed by atoms with Crippen LogP contribution in [0.4, 0.5) is 0 Å². The molecule has 1 aromatic carbocycles. The van der Waals surface area contributed by atoms with Crippen LogP contribution in [-0.4, -0.2) is 58.9 Å². The number of likely N-dealkylation sites (tertiary alicyclic amines) is 1. The van der Waals surface area contributed by atoms with Gasteiger partial charge in [0.25, 0.3) is 11.8 Å². The van der Waals surface area contributed by atoms with Gasteiger partial charge in [-0.1, -0.05) is 24.2 Å². The monoisotopic (exact) mass is 484 g/mol. The number of carbonyl (C=O) groups is 2. The van der Waals surface area contributed by atoms with Crippen LogP contribution in [0.1, 0.15) is 62.2 Å². The number of amidine groups is 1. The maximum Gasteiger partial charge on any atom is 0.264 e. The smallest absolute Gasteiger partial charge is 0.264 e. The molecule has 4 atom stereocenters. The summed E-state index contributed by atoms with van der Waals surface area (Å²) in [4.78, 5) is 32.2. The molecule has 1 aromatic rings. The van der Waals surface area contributed by atoms with Gasteiger partial charge in [-0.3, -0.25) is 9.59 Å². The first-order valence-corrected chi connectivity index (χ1v) is 13.6. The van der Waals surface area contributed by atoms with Crippen LogP contribution in [0.15, 0.2) is 29.3 Å². The molecule has 4 aliphatic rings. The highest BCUT2D eigenvalue weighted by molar-refractivity contribution is 8.16. The topological polar surface area (TPSA) is 97.0 Å². The van der Waals surface area contributed by atoms with Gasteiger partial charge < -0.3 is 20.7 Å². The first-order valence-electron chi connectivity index (χ1n) is 12.7. The number of carbonyl (C=O) groups excluding carboxylic acids is 2. The van der Waals surface area contributed by atoms with Gasteiger partial charge in [-0.05, 0) is 81.4 Å². The third kappa shape index (κ3) is 4.98. The number of nitrogens with two attached hydrogens (primary N) is 1. The Kier molecular flexibility index (Phi) is 6.89. The Morgan fingerprint density at radius 1 is 1.26 bits per heavy atom. The molecule has 2 aliphatic carbocycles. The van der Waals surface area contributed by atoms with Crippen molar-refractivity contribution in [2.45, 2.75) is 62.7 Å². The van der Waals surface area contributed by atoms with E-state index in [0.29, 0.717) is 49.5 Å². The third-order valence-electron chi connectivity index (χ3n) is 8.07. The maximum absolute atomic E-state index is 13.0. The molecule has 2 saturated carbocycles. The summed E-state index contributed by atoms with van der Waals surface area (Å²) in [6.45, 7) is 4.34. The molecular formula is C26H36N4O3S. The fourth-order valence-corrected chi connectivity index (χ4v) is 7.45. The molecule has 2 aliphatic heterocycles. The number of fused-ring (bicyclic) bond motifs is 2. The van der Waals surface area contributed by atoms with Crippen LogP contribution in [0, 0.1) is 17.8 Å². The summed E-state index contributed by atoms with van der Waals surface area (Å²) in [6, 6.07) is 7.81. The normalized spacial score (nSPS) is 31.1. The molecule has 5 rings (SSSR count). The van der Waals surface area contributed by atoms with Crippen molar-refractivity contribution < 1.29 is 14.3 Å². The number of piperidine rings is 1. The summed E-state index contributed by atoms with van der Waals surface area (Å²) in [5.74, 6) is 2.74. The summed E-state index contributed by atoms with van der Waals surface area (Å²) >= 11 is 1.63. The van der Waals surface area contributed by atoms with Crippen molar-refractivity contribution in [3.63, 3.8) is 0 Å². The van der Waals surface area contributed by atoms with E-state index in [1.54, 1.807) is 17.8 Å². The first kappa shape index (κ1) is 23.7. The van der Waals surface area contributed by atoms with Crippen molar-refractivity contribution in [3.05, 3.63) is 29.8 Å². The van der Waals surface area contributed by atoms with Gasteiger partial charge in [0.15, 0.2) is 5.17 Å². The lowest BCUT2D eigenvalue weighted by Crippen LogP contribution is -2.41. The highest BCUT2D eigenvalue weighted by atomic mass is 32.2. The van der Waals surface area contributed by atoms with E-state index in [-0.39, 0.29) is 11.8 Å². The van der Waals surface area contributed by atoms with Crippen LogP contribution in [0.2, 0.25) is 0 Å². The van der Waals surface area contributed by atoms with Crippen LogP contribution >= 0.6 is 11.8 Å². The molecule has 0 spiro atoms. The number of nitrogens with one attached hydrogen (secondary N) is 1. The van der Waals surface area contributed by atoms with Crippen LogP contribution in [-0.2, 0) is 4.79 Å². The van der Waals surface area contributed by atoms with Crippen molar-refractivity contribution in [2.75, 3.05) is 26.2 Å². The average Bonchev–Trinajstić information content (AvgIpc) is 3.53. The van der Waals surface area contributed by atoms with Crippen LogP contribution < -0.4 is 15.8 Å². The number of aliphatic imine (C=N–C) groups is 1. The van der Waals surface area contributed by atoms with Crippen LogP contribution in [0.25, 0.3) is 0 Å². The van der Waals surface area contributed by atoms with Crippen molar-refractivity contribution >= 4 is 28.7 Å². The molecule has 2 bridgehead atoms. The lowest BCUT2D eigenvalue weighted by Gasteiger charge is -2.35. The number of nitrogens with zero attached hydrogens (tertiary/aromatic N) is 2. The molecule has 2 heterocycles. The Hall–Kier alpha value is -2.06. The van der Waals surface area contributed by atoms with Crippen molar-refractivity contribution in [1.29, 1.82) is 0 Å². The standard InChI is InChI=1S/C26H36N4O3S/c1-26(24(32)29-25(34-26)28-22-14-18-5-6-19(22)13-18)16-17-7-10-30(11-8-17)23(31)20-3-2-4-21(15-20)33-12-9-27/h2-4,15,17-19,22H,5-14,16,27H2,1H3,(H,28,29,32). The predicted molar refractivity (Wildman–Crippen MR) is 135 cm³/mol. The van der Waals surface area contributed by atoms with E-state index in [4.69, 9.17) is 10.5 Å². The van der Waals surface area contributed by atoms with Crippen molar-refractivity contribution in [1.82, 2.24) is 10.2 Å². The van der Waals surface area contributed by atoms with E-state index in [2.05, 4.69) is 10.3 Å². The number of benzene rings is 1. The van der Waals surface area contributed by atoms with Gasteiger partial charge in [-0.2, -0.15) is 4.99 Å². The Bertz CT molecular complexity index is 961. The third-order valence-corrected chi connectivity index (χ3v) is 9.27. The second-order valence-electron chi connectivity index (χ2n) is 10.6. The molecule has 34 heavy (non-hydrogen) atoms. The Morgan fingerprint density at radius 2 is 2.09 bits per heavy atom. The number of hydrogen-bond acceptors (Lipinski definition) is 6. The lowest BCUT2D eigenvalue weighted by molar-refractivity contribution is -0.119. The lowest BCUT2D eigenvalue weighted by atomic mass is 9.87. The van der Waals surface area contributed by atoms with Crippen LogP contribution in [0.3, 0.4) is 0 Å². The van der Waals surface area contributed by atoms with E-state index < -0.39 is 4.75 Å². The molecular weight excluding hydrogens is 448 g/mol. The van der Waals surface area contributed by atoms with Gasteiger partial charge in [0, 0.05) is 31.2 Å². The molecule has 8 heteroatoms. The number of hydrogen-bond donors (Lipinski definition) is 2. The second kappa shape index (κ2) is 9.90. The Balaban J connectivity index is 1.11. The van der Waals surface area contributed by atoms with Gasteiger partial charge in [0.05, 0.1) is 0 Å². The molecule has 1 saturated heterocycles.